The van der Waals surface area contributed by atoms with Crippen molar-refractivity contribution in [3.63, 3.8) is 0 Å². The maximum absolute atomic E-state index is 13.1. The van der Waals surface area contributed by atoms with E-state index in [1.54, 1.807) is 31.2 Å². The molecule has 1 unspecified atom stereocenters. The topological polar surface area (TPSA) is 51.6 Å². The lowest BCUT2D eigenvalue weighted by Crippen LogP contribution is -2.16. The van der Waals surface area contributed by atoms with Crippen molar-refractivity contribution in [2.45, 2.75) is 19.4 Å². The predicted molar refractivity (Wildman–Crippen MR) is 80.0 cm³/mol. The Morgan fingerprint density at radius 1 is 1.17 bits per heavy atom. The van der Waals surface area contributed by atoms with E-state index in [0.717, 1.165) is 10.5 Å². The third-order valence-electron chi connectivity index (χ3n) is 2.80. The molecule has 4 nitrogen and oxygen atoms in total. The van der Waals surface area contributed by atoms with Gasteiger partial charge < -0.3 is 14.6 Å². The highest BCUT2D eigenvalue weighted by Crippen LogP contribution is 2.35. The normalized spacial score (nSPS) is 13.0. The molecular weight excluding hydrogens is 379 g/mol. The summed E-state index contributed by atoms with van der Waals surface area (Å²) in [5.74, 6) is 0.110. The molecule has 0 radical (unpaired) electrons. The van der Waals surface area contributed by atoms with Crippen LogP contribution in [0.1, 0.15) is 24.5 Å². The van der Waals surface area contributed by atoms with E-state index in [2.05, 4.69) is 20.9 Å². The van der Waals surface area contributed by atoms with Gasteiger partial charge in [0.2, 0.25) is 5.88 Å². The predicted octanol–water partition coefficient (Wildman–Crippen LogP) is 4.68. The zero-order valence-electron chi connectivity index (χ0n) is 12.0. The Morgan fingerprint density at radius 2 is 1.83 bits per heavy atom. The number of nitrogens with zero attached hydrogens (tertiary/aromatic N) is 1. The molecule has 23 heavy (non-hydrogen) atoms. The fraction of sp³-hybridized carbons (Fsp3) is 0.267. The summed E-state index contributed by atoms with van der Waals surface area (Å²) in [7, 11) is 0. The van der Waals surface area contributed by atoms with E-state index in [-0.39, 0.29) is 12.5 Å². The zero-order valence-corrected chi connectivity index (χ0v) is 13.6. The number of aliphatic hydroxyl groups excluding tert-OH is 1. The smallest absolute Gasteiger partial charge is 0.433 e. The number of pyridine rings is 1. The summed E-state index contributed by atoms with van der Waals surface area (Å²) in [6, 6.07) is 8.88. The molecule has 0 saturated carbocycles. The molecule has 8 heteroatoms. The lowest BCUT2D eigenvalue weighted by atomic mass is 10.1. The number of alkyl halides is 3. The average molecular weight is 392 g/mol. The number of ether oxygens (including phenoxy) is 2. The molecule has 2 rings (SSSR count). The first kappa shape index (κ1) is 17.7. The van der Waals surface area contributed by atoms with Gasteiger partial charge in [-0.15, -0.1) is 0 Å². The molecule has 0 fully saturated rings. The Bertz CT molecular complexity index is 662. The van der Waals surface area contributed by atoms with E-state index in [9.17, 15) is 18.3 Å². The van der Waals surface area contributed by atoms with Crippen molar-refractivity contribution in [3.8, 4) is 11.6 Å². The number of hydrogen-bond donors (Lipinski definition) is 1. The van der Waals surface area contributed by atoms with Gasteiger partial charge in [-0.2, -0.15) is 13.2 Å². The van der Waals surface area contributed by atoms with E-state index < -0.39 is 23.7 Å². The fourth-order valence-electron chi connectivity index (χ4n) is 1.81. The number of hydrogen-bond acceptors (Lipinski definition) is 4. The first-order valence-electron chi connectivity index (χ1n) is 6.62. The first-order chi connectivity index (χ1) is 10.8. The first-order valence-corrected chi connectivity index (χ1v) is 7.41. The summed E-state index contributed by atoms with van der Waals surface area (Å²) in [5.41, 5.74) is -1.70. The van der Waals surface area contributed by atoms with E-state index in [1.807, 2.05) is 0 Å². The van der Waals surface area contributed by atoms with Crippen molar-refractivity contribution in [1.82, 2.24) is 4.98 Å². The van der Waals surface area contributed by atoms with Crippen molar-refractivity contribution in [1.29, 1.82) is 0 Å². The van der Waals surface area contributed by atoms with Crippen LogP contribution in [-0.4, -0.2) is 16.7 Å². The molecule has 1 aromatic carbocycles. The fourth-order valence-corrected chi connectivity index (χ4v) is 2.07. The van der Waals surface area contributed by atoms with Gasteiger partial charge in [-0.25, -0.2) is 4.98 Å². The van der Waals surface area contributed by atoms with Gasteiger partial charge >= 0.3 is 6.18 Å². The van der Waals surface area contributed by atoms with Crippen LogP contribution in [0.5, 0.6) is 11.6 Å². The molecule has 1 aromatic heterocycles. The standard InChI is InChI=1S/C15H13BrF3NO3/c1-2-22-14(21)11-7-8-12(20-13(11)15(17,18)19)23-10-5-3-9(16)4-6-10/h3-8,14,21H,2H2,1H3. The highest BCUT2D eigenvalue weighted by Gasteiger charge is 2.38. The highest BCUT2D eigenvalue weighted by molar-refractivity contribution is 9.10. The summed E-state index contributed by atoms with van der Waals surface area (Å²) < 4.78 is 50.3. The van der Waals surface area contributed by atoms with E-state index >= 15 is 0 Å². The number of aromatic nitrogens is 1. The van der Waals surface area contributed by atoms with Gasteiger partial charge in [-0.1, -0.05) is 15.9 Å². The van der Waals surface area contributed by atoms with Gasteiger partial charge in [-0.05, 0) is 37.3 Å². The molecule has 0 spiro atoms. The maximum atomic E-state index is 13.1. The van der Waals surface area contributed by atoms with Crippen LogP contribution in [0.4, 0.5) is 13.2 Å². The monoisotopic (exact) mass is 391 g/mol. The van der Waals surface area contributed by atoms with Crippen LogP contribution >= 0.6 is 15.9 Å². The minimum atomic E-state index is -4.74. The minimum absolute atomic E-state index is 0.0651. The molecule has 0 aliphatic carbocycles. The summed E-state index contributed by atoms with van der Waals surface area (Å²) in [6.45, 7) is 1.63. The molecular formula is C15H13BrF3NO3. The van der Waals surface area contributed by atoms with Crippen LogP contribution in [0.15, 0.2) is 40.9 Å². The summed E-state index contributed by atoms with van der Waals surface area (Å²) in [5, 5.41) is 9.67. The largest absolute Gasteiger partial charge is 0.439 e. The molecule has 1 heterocycles. The Morgan fingerprint density at radius 3 is 2.39 bits per heavy atom. The quantitative estimate of drug-likeness (QED) is 0.751. The molecule has 0 aliphatic heterocycles. The molecule has 0 bridgehead atoms. The molecule has 1 N–H and O–H groups in total. The Labute approximate surface area is 139 Å². The molecule has 1 atom stereocenters. The summed E-state index contributed by atoms with van der Waals surface area (Å²) in [6.07, 6.45) is -6.45. The Kier molecular flexibility index (Phi) is 5.61. The highest BCUT2D eigenvalue weighted by atomic mass is 79.9. The molecule has 0 aliphatic rings. The lowest BCUT2D eigenvalue weighted by molar-refractivity contribution is -0.150. The molecule has 124 valence electrons. The third-order valence-corrected chi connectivity index (χ3v) is 3.32. The number of halogens is 4. The summed E-state index contributed by atoms with van der Waals surface area (Å²) >= 11 is 3.25. The Balaban J connectivity index is 2.34. The molecule has 0 amide bonds. The second-order valence-corrected chi connectivity index (χ2v) is 5.36. The van der Waals surface area contributed by atoms with Gasteiger partial charge in [0.25, 0.3) is 0 Å². The van der Waals surface area contributed by atoms with Crippen LogP contribution in [-0.2, 0) is 10.9 Å². The minimum Gasteiger partial charge on any atom is -0.439 e. The van der Waals surface area contributed by atoms with Crippen molar-refractivity contribution in [2.75, 3.05) is 6.61 Å². The molecule has 2 aromatic rings. The van der Waals surface area contributed by atoms with Gasteiger partial charge in [0.15, 0.2) is 12.0 Å². The maximum Gasteiger partial charge on any atom is 0.433 e. The van der Waals surface area contributed by atoms with Crippen molar-refractivity contribution in [2.24, 2.45) is 0 Å². The number of rotatable bonds is 5. The SMILES string of the molecule is CCOC(O)c1ccc(Oc2ccc(Br)cc2)nc1C(F)(F)F. The van der Waals surface area contributed by atoms with Gasteiger partial charge in [-0.3, -0.25) is 0 Å². The van der Waals surface area contributed by atoms with Crippen LogP contribution in [0.3, 0.4) is 0 Å². The summed E-state index contributed by atoms with van der Waals surface area (Å²) in [4.78, 5) is 3.47. The van der Waals surface area contributed by atoms with Gasteiger partial charge in [0.05, 0.1) is 0 Å². The van der Waals surface area contributed by atoms with Crippen LogP contribution in [0.25, 0.3) is 0 Å². The number of benzene rings is 1. The Hall–Kier alpha value is -1.64. The van der Waals surface area contributed by atoms with Crippen molar-refractivity contribution in [3.05, 3.63) is 52.1 Å². The second-order valence-electron chi connectivity index (χ2n) is 4.45. The average Bonchev–Trinajstić information content (AvgIpc) is 2.49. The second kappa shape index (κ2) is 7.29. The van der Waals surface area contributed by atoms with Gasteiger partial charge in [0, 0.05) is 22.7 Å². The van der Waals surface area contributed by atoms with E-state index in [1.165, 1.54) is 6.07 Å². The molecule has 0 saturated heterocycles. The van der Waals surface area contributed by atoms with E-state index in [4.69, 9.17) is 9.47 Å². The zero-order chi connectivity index (χ0) is 17.0. The third kappa shape index (κ3) is 4.66. The van der Waals surface area contributed by atoms with Crippen molar-refractivity contribution < 1.29 is 27.8 Å². The van der Waals surface area contributed by atoms with Crippen LogP contribution in [0.2, 0.25) is 0 Å². The van der Waals surface area contributed by atoms with Crippen LogP contribution < -0.4 is 4.74 Å². The van der Waals surface area contributed by atoms with Crippen LogP contribution in [0, 0.1) is 0 Å². The van der Waals surface area contributed by atoms with Crippen molar-refractivity contribution >= 4 is 15.9 Å². The number of aliphatic hydroxyl groups is 1. The lowest BCUT2D eigenvalue weighted by Gasteiger charge is -2.17. The van der Waals surface area contributed by atoms with E-state index in [0.29, 0.717) is 5.75 Å². The van der Waals surface area contributed by atoms with Gasteiger partial charge in [0.1, 0.15) is 5.75 Å².